The monoisotopic (exact) mass is 417 g/mol. The Bertz CT molecular complexity index is 1200. The Morgan fingerprint density at radius 1 is 1.13 bits per heavy atom. The van der Waals surface area contributed by atoms with E-state index in [0.29, 0.717) is 5.89 Å². The molecule has 2 heterocycles. The number of benzene rings is 2. The van der Waals surface area contributed by atoms with Gasteiger partial charge in [-0.3, -0.25) is 14.5 Å². The third kappa shape index (κ3) is 3.75. The van der Waals surface area contributed by atoms with E-state index >= 15 is 0 Å². The lowest BCUT2D eigenvalue weighted by Crippen LogP contribution is -2.29. The number of aryl methyl sites for hydroxylation is 1. The lowest BCUT2D eigenvalue weighted by atomic mass is 10.1. The molecule has 4 rings (SSSR count). The lowest BCUT2D eigenvalue weighted by Gasteiger charge is -2.10. The Morgan fingerprint density at radius 2 is 1.84 bits per heavy atom. The molecule has 1 aromatic heterocycles. The minimum atomic E-state index is -0.804. The third-order valence-electron chi connectivity index (χ3n) is 4.89. The molecule has 2 aromatic carbocycles. The maximum Gasteiger partial charge on any atom is 0.338 e. The molecule has 0 radical (unpaired) electrons. The molecule has 0 bridgehead atoms. The molecule has 0 aliphatic carbocycles. The molecular formula is C23H19N3O5. The van der Waals surface area contributed by atoms with Crippen molar-refractivity contribution in [2.24, 2.45) is 0 Å². The molecule has 156 valence electrons. The van der Waals surface area contributed by atoms with Crippen molar-refractivity contribution in [1.29, 1.82) is 0 Å². The topological polar surface area (TPSA) is 103 Å². The van der Waals surface area contributed by atoms with E-state index in [1.807, 2.05) is 31.2 Å². The minimum absolute atomic E-state index is 0.101. The van der Waals surface area contributed by atoms with E-state index in [-0.39, 0.29) is 29.1 Å². The van der Waals surface area contributed by atoms with Gasteiger partial charge in [-0.05, 0) is 44.2 Å². The van der Waals surface area contributed by atoms with Gasteiger partial charge in [-0.2, -0.15) is 0 Å². The fourth-order valence-electron chi connectivity index (χ4n) is 3.20. The first-order chi connectivity index (χ1) is 14.9. The van der Waals surface area contributed by atoms with Crippen LogP contribution in [0.5, 0.6) is 0 Å². The number of nitrogens with zero attached hydrogens (tertiary/aromatic N) is 3. The first kappa shape index (κ1) is 20.2. The van der Waals surface area contributed by atoms with E-state index in [1.165, 1.54) is 24.3 Å². The first-order valence-corrected chi connectivity index (χ1v) is 9.61. The summed E-state index contributed by atoms with van der Waals surface area (Å²) in [5.74, 6) is -1.09. The van der Waals surface area contributed by atoms with Gasteiger partial charge in [-0.25, -0.2) is 4.79 Å². The van der Waals surface area contributed by atoms with E-state index in [4.69, 9.17) is 9.15 Å². The smallest absolute Gasteiger partial charge is 0.338 e. The summed E-state index contributed by atoms with van der Waals surface area (Å²) in [6.07, 6.45) is 0.662. The zero-order chi connectivity index (χ0) is 22.1. The highest BCUT2D eigenvalue weighted by Crippen LogP contribution is 2.26. The van der Waals surface area contributed by atoms with Gasteiger partial charge in [0.2, 0.25) is 5.89 Å². The Hall–Kier alpha value is -4.07. The molecule has 1 aliphatic heterocycles. The summed E-state index contributed by atoms with van der Waals surface area (Å²) < 4.78 is 11.1. The Kier molecular flexibility index (Phi) is 5.21. The van der Waals surface area contributed by atoms with Crippen molar-refractivity contribution in [3.63, 3.8) is 0 Å². The molecule has 0 spiro atoms. The van der Waals surface area contributed by atoms with Crippen LogP contribution in [0.25, 0.3) is 11.5 Å². The third-order valence-corrected chi connectivity index (χ3v) is 4.89. The number of imide groups is 1. The zero-order valence-electron chi connectivity index (χ0n) is 17.0. The first-order valence-electron chi connectivity index (χ1n) is 9.61. The van der Waals surface area contributed by atoms with Crippen molar-refractivity contribution in [1.82, 2.24) is 15.1 Å². The molecule has 8 nitrogen and oxygen atoms in total. The van der Waals surface area contributed by atoms with Gasteiger partial charge in [0.1, 0.15) is 0 Å². The van der Waals surface area contributed by atoms with Crippen molar-refractivity contribution in [2.45, 2.75) is 20.0 Å². The minimum Gasteiger partial charge on any atom is -0.449 e. The normalized spacial score (nSPS) is 13.8. The summed E-state index contributed by atoms with van der Waals surface area (Å²) >= 11 is 0. The number of carbonyl (C=O) groups excluding carboxylic acids is 3. The molecule has 0 unspecified atom stereocenters. The van der Waals surface area contributed by atoms with Gasteiger partial charge in [0.05, 0.1) is 16.7 Å². The van der Waals surface area contributed by atoms with Gasteiger partial charge in [0, 0.05) is 12.1 Å². The number of esters is 1. The van der Waals surface area contributed by atoms with E-state index in [1.54, 1.807) is 6.92 Å². The molecule has 0 fully saturated rings. The lowest BCUT2D eigenvalue weighted by molar-refractivity contribution is 0.0279. The average Bonchev–Trinajstić information content (AvgIpc) is 3.34. The summed E-state index contributed by atoms with van der Waals surface area (Å²) in [4.78, 5) is 38.4. The second-order valence-corrected chi connectivity index (χ2v) is 7.13. The Labute approximate surface area is 178 Å². The molecule has 0 N–H and O–H groups in total. The fourth-order valence-corrected chi connectivity index (χ4v) is 3.20. The molecule has 1 aliphatic rings. The van der Waals surface area contributed by atoms with Crippen molar-refractivity contribution >= 4 is 17.8 Å². The molecular weight excluding hydrogens is 398 g/mol. The molecule has 3 aromatic rings. The van der Waals surface area contributed by atoms with Gasteiger partial charge in [-0.1, -0.05) is 23.8 Å². The Balaban J connectivity index is 1.49. The van der Waals surface area contributed by atoms with Crippen LogP contribution in [0.1, 0.15) is 55.6 Å². The molecule has 1 atom stereocenters. The highest BCUT2D eigenvalue weighted by atomic mass is 16.6. The van der Waals surface area contributed by atoms with Crippen LogP contribution in [0.15, 0.2) is 59.5 Å². The number of hydrogen-bond acceptors (Lipinski definition) is 7. The summed E-state index contributed by atoms with van der Waals surface area (Å²) in [6.45, 7) is 7.23. The highest BCUT2D eigenvalue weighted by Gasteiger charge is 2.35. The van der Waals surface area contributed by atoms with Crippen LogP contribution in [0, 0.1) is 6.92 Å². The number of carbonyl (C=O) groups is 3. The highest BCUT2D eigenvalue weighted by molar-refractivity contribution is 6.22. The van der Waals surface area contributed by atoms with Gasteiger partial charge >= 0.3 is 5.97 Å². The van der Waals surface area contributed by atoms with Crippen molar-refractivity contribution in [3.8, 4) is 11.5 Å². The fraction of sp³-hybridized carbons (Fsp3) is 0.174. The SMILES string of the molecule is C=CCN1C(=O)c2ccc(C(=O)O[C@H](C)c3nnc(-c4ccc(C)cc4)o3)cc2C1=O. The summed E-state index contributed by atoms with van der Waals surface area (Å²) in [7, 11) is 0. The van der Waals surface area contributed by atoms with Crippen LogP contribution in [-0.2, 0) is 4.74 Å². The van der Waals surface area contributed by atoms with E-state index in [0.717, 1.165) is 16.0 Å². The zero-order valence-corrected chi connectivity index (χ0v) is 17.0. The van der Waals surface area contributed by atoms with Crippen molar-refractivity contribution < 1.29 is 23.5 Å². The molecule has 0 saturated carbocycles. The quantitative estimate of drug-likeness (QED) is 0.342. The molecule has 31 heavy (non-hydrogen) atoms. The molecule has 8 heteroatoms. The maximum atomic E-state index is 12.6. The maximum absolute atomic E-state index is 12.6. The van der Waals surface area contributed by atoms with Crippen LogP contribution in [0.2, 0.25) is 0 Å². The number of aromatic nitrogens is 2. The number of fused-ring (bicyclic) bond motifs is 1. The summed E-state index contributed by atoms with van der Waals surface area (Å²) in [5.41, 5.74) is 2.41. The summed E-state index contributed by atoms with van der Waals surface area (Å²) in [6, 6.07) is 11.8. The second kappa shape index (κ2) is 7.98. The van der Waals surface area contributed by atoms with Gasteiger partial charge < -0.3 is 9.15 Å². The van der Waals surface area contributed by atoms with E-state index in [2.05, 4.69) is 16.8 Å². The van der Waals surface area contributed by atoms with Crippen LogP contribution in [-0.4, -0.2) is 39.4 Å². The van der Waals surface area contributed by atoms with Gasteiger partial charge in [-0.15, -0.1) is 16.8 Å². The second-order valence-electron chi connectivity index (χ2n) is 7.13. The number of rotatable bonds is 6. The van der Waals surface area contributed by atoms with E-state index in [9.17, 15) is 14.4 Å². The number of hydrogen-bond donors (Lipinski definition) is 0. The van der Waals surface area contributed by atoms with Crippen molar-refractivity contribution in [3.05, 3.63) is 83.3 Å². The van der Waals surface area contributed by atoms with Gasteiger partial charge in [0.25, 0.3) is 17.7 Å². The predicted molar refractivity (Wildman–Crippen MR) is 110 cm³/mol. The average molecular weight is 417 g/mol. The van der Waals surface area contributed by atoms with E-state index < -0.39 is 23.9 Å². The largest absolute Gasteiger partial charge is 0.449 e. The standard InChI is InChI=1S/C23H19N3O5/c1-4-11-26-21(27)17-10-9-16(12-18(17)22(26)28)23(29)30-14(3)19-24-25-20(31-19)15-7-5-13(2)6-8-15/h4-10,12,14H,1,11H2,2-3H3/t14-/m1/s1. The molecule has 2 amide bonds. The van der Waals surface area contributed by atoms with Crippen LogP contribution >= 0.6 is 0 Å². The van der Waals surface area contributed by atoms with Crippen LogP contribution < -0.4 is 0 Å². The number of amides is 2. The summed E-state index contributed by atoms with van der Waals surface area (Å²) in [5, 5.41) is 7.97. The van der Waals surface area contributed by atoms with Crippen molar-refractivity contribution in [2.75, 3.05) is 6.54 Å². The predicted octanol–water partition coefficient (Wildman–Crippen LogP) is 3.75. The van der Waals surface area contributed by atoms with Crippen LogP contribution in [0.4, 0.5) is 0 Å². The van der Waals surface area contributed by atoms with Crippen LogP contribution in [0.3, 0.4) is 0 Å². The van der Waals surface area contributed by atoms with Gasteiger partial charge in [0.15, 0.2) is 6.10 Å². The number of ether oxygens (including phenoxy) is 1. The Morgan fingerprint density at radius 3 is 2.55 bits per heavy atom. The molecule has 0 saturated heterocycles.